The fourth-order valence-electron chi connectivity index (χ4n) is 1.50. The number of aromatic amines is 1. The Labute approximate surface area is 110 Å². The van der Waals surface area contributed by atoms with E-state index in [2.05, 4.69) is 26.2 Å². The van der Waals surface area contributed by atoms with E-state index in [1.165, 1.54) is 24.4 Å². The number of alkyl halides is 1. The molecule has 0 radical (unpaired) electrons. The van der Waals surface area contributed by atoms with Crippen LogP contribution in [0.5, 0.6) is 0 Å². The normalized spacial score (nSPS) is 10.4. The van der Waals surface area contributed by atoms with Crippen LogP contribution in [0, 0.1) is 5.82 Å². The molecule has 2 N–H and O–H groups in total. The quantitative estimate of drug-likeness (QED) is 0.911. The van der Waals surface area contributed by atoms with Gasteiger partial charge in [-0.15, -0.1) is 0 Å². The SMILES string of the molecule is O=c1[nH]ccc(Nc2ccc(Br)cc2F)c1CF. The molecule has 0 aliphatic carbocycles. The van der Waals surface area contributed by atoms with Crippen LogP contribution in [-0.2, 0) is 6.67 Å². The highest BCUT2D eigenvalue weighted by atomic mass is 79.9. The number of anilines is 2. The summed E-state index contributed by atoms with van der Waals surface area (Å²) in [5.41, 5.74) is -0.152. The first-order chi connectivity index (χ1) is 8.61. The minimum Gasteiger partial charge on any atom is -0.353 e. The number of hydrogen-bond acceptors (Lipinski definition) is 2. The van der Waals surface area contributed by atoms with Crippen molar-refractivity contribution in [3.05, 3.63) is 56.7 Å². The molecule has 0 atom stereocenters. The lowest BCUT2D eigenvalue weighted by Crippen LogP contribution is -2.13. The maximum Gasteiger partial charge on any atom is 0.255 e. The summed E-state index contributed by atoms with van der Waals surface area (Å²) in [5, 5.41) is 2.70. The molecule has 18 heavy (non-hydrogen) atoms. The van der Waals surface area contributed by atoms with Crippen molar-refractivity contribution in [1.82, 2.24) is 4.98 Å². The highest BCUT2D eigenvalue weighted by molar-refractivity contribution is 9.10. The topological polar surface area (TPSA) is 44.9 Å². The average Bonchev–Trinajstić information content (AvgIpc) is 2.33. The Morgan fingerprint density at radius 2 is 2.06 bits per heavy atom. The van der Waals surface area contributed by atoms with Gasteiger partial charge in [0.2, 0.25) is 0 Å². The molecule has 0 aliphatic heterocycles. The van der Waals surface area contributed by atoms with Gasteiger partial charge in [0.1, 0.15) is 12.5 Å². The van der Waals surface area contributed by atoms with Crippen LogP contribution in [0.2, 0.25) is 0 Å². The van der Waals surface area contributed by atoms with Gasteiger partial charge in [0.05, 0.1) is 16.9 Å². The van der Waals surface area contributed by atoms with Crippen LogP contribution in [0.15, 0.2) is 39.7 Å². The largest absolute Gasteiger partial charge is 0.353 e. The van der Waals surface area contributed by atoms with Gasteiger partial charge >= 0.3 is 0 Å². The molecule has 0 saturated carbocycles. The summed E-state index contributed by atoms with van der Waals surface area (Å²) in [6.07, 6.45) is 1.38. The Hall–Kier alpha value is -1.69. The van der Waals surface area contributed by atoms with Crippen LogP contribution in [0.25, 0.3) is 0 Å². The molecule has 0 spiro atoms. The molecule has 0 fully saturated rings. The van der Waals surface area contributed by atoms with Crippen molar-refractivity contribution in [2.75, 3.05) is 5.32 Å². The maximum atomic E-state index is 13.6. The number of aromatic nitrogens is 1. The van der Waals surface area contributed by atoms with E-state index in [1.54, 1.807) is 6.07 Å². The van der Waals surface area contributed by atoms with E-state index in [1.807, 2.05) is 0 Å². The Balaban J connectivity index is 2.40. The third-order valence-electron chi connectivity index (χ3n) is 2.40. The van der Waals surface area contributed by atoms with Crippen LogP contribution in [0.3, 0.4) is 0 Å². The molecule has 0 saturated heterocycles. The number of H-pyrrole nitrogens is 1. The number of nitrogens with one attached hydrogen (secondary N) is 2. The summed E-state index contributed by atoms with van der Waals surface area (Å²) in [4.78, 5) is 13.7. The monoisotopic (exact) mass is 314 g/mol. The van der Waals surface area contributed by atoms with Crippen LogP contribution >= 0.6 is 15.9 Å². The van der Waals surface area contributed by atoms with Gasteiger partial charge in [0.15, 0.2) is 0 Å². The second-order valence-electron chi connectivity index (χ2n) is 3.58. The Morgan fingerprint density at radius 1 is 1.28 bits per heavy atom. The summed E-state index contributed by atoms with van der Waals surface area (Å²) in [7, 11) is 0. The molecule has 3 nitrogen and oxygen atoms in total. The predicted octanol–water partition coefficient (Wildman–Crippen LogP) is 3.49. The average molecular weight is 315 g/mol. The lowest BCUT2D eigenvalue weighted by molar-refractivity contribution is 0.483. The zero-order valence-electron chi connectivity index (χ0n) is 9.14. The van der Waals surface area contributed by atoms with Gasteiger partial charge < -0.3 is 10.3 Å². The van der Waals surface area contributed by atoms with E-state index in [0.29, 0.717) is 4.47 Å². The second-order valence-corrected chi connectivity index (χ2v) is 4.50. The number of benzene rings is 1. The van der Waals surface area contributed by atoms with Crippen molar-refractivity contribution in [1.29, 1.82) is 0 Å². The summed E-state index contributed by atoms with van der Waals surface area (Å²) in [5.74, 6) is -0.491. The fraction of sp³-hybridized carbons (Fsp3) is 0.0833. The van der Waals surface area contributed by atoms with Gasteiger partial charge in [-0.2, -0.15) is 0 Å². The van der Waals surface area contributed by atoms with E-state index in [9.17, 15) is 13.6 Å². The first-order valence-electron chi connectivity index (χ1n) is 5.10. The van der Waals surface area contributed by atoms with E-state index in [0.717, 1.165) is 0 Å². The van der Waals surface area contributed by atoms with Crippen molar-refractivity contribution in [3.8, 4) is 0 Å². The fourth-order valence-corrected chi connectivity index (χ4v) is 1.83. The van der Waals surface area contributed by atoms with Gasteiger partial charge in [0, 0.05) is 10.7 Å². The van der Waals surface area contributed by atoms with Crippen LogP contribution < -0.4 is 10.9 Å². The van der Waals surface area contributed by atoms with Crippen molar-refractivity contribution >= 4 is 27.3 Å². The zero-order valence-corrected chi connectivity index (χ0v) is 10.7. The van der Waals surface area contributed by atoms with Gasteiger partial charge in [-0.25, -0.2) is 8.78 Å². The molecule has 6 heteroatoms. The minimum atomic E-state index is -0.920. The van der Waals surface area contributed by atoms with Gasteiger partial charge in [-0.3, -0.25) is 4.79 Å². The summed E-state index contributed by atoms with van der Waals surface area (Å²) in [6, 6.07) is 5.92. The van der Waals surface area contributed by atoms with E-state index in [-0.39, 0.29) is 16.9 Å². The predicted molar refractivity (Wildman–Crippen MR) is 69.3 cm³/mol. The summed E-state index contributed by atoms with van der Waals surface area (Å²) < 4.78 is 27.0. The van der Waals surface area contributed by atoms with Gasteiger partial charge in [0.25, 0.3) is 5.56 Å². The number of halogens is 3. The minimum absolute atomic E-state index is 0.0557. The lowest BCUT2D eigenvalue weighted by atomic mass is 10.2. The molecule has 94 valence electrons. The van der Waals surface area contributed by atoms with Gasteiger partial charge in [-0.05, 0) is 24.3 Å². The molecule has 0 amide bonds. The molecule has 0 unspecified atom stereocenters. The standard InChI is InChI=1S/C12H9BrF2N2O/c13-7-1-2-11(9(15)5-7)17-10-3-4-16-12(18)8(10)6-14/h1-5H,6H2,(H2,16,17,18). The smallest absolute Gasteiger partial charge is 0.255 e. The highest BCUT2D eigenvalue weighted by Crippen LogP contribution is 2.24. The van der Waals surface area contributed by atoms with Gasteiger partial charge in [-0.1, -0.05) is 15.9 Å². The highest BCUT2D eigenvalue weighted by Gasteiger charge is 2.09. The van der Waals surface area contributed by atoms with E-state index in [4.69, 9.17) is 0 Å². The van der Waals surface area contributed by atoms with Crippen molar-refractivity contribution < 1.29 is 8.78 Å². The molecular weight excluding hydrogens is 306 g/mol. The van der Waals surface area contributed by atoms with Crippen molar-refractivity contribution in [2.45, 2.75) is 6.67 Å². The van der Waals surface area contributed by atoms with Crippen LogP contribution in [0.1, 0.15) is 5.56 Å². The third kappa shape index (κ3) is 2.59. The number of rotatable bonds is 3. The van der Waals surface area contributed by atoms with Crippen molar-refractivity contribution in [3.63, 3.8) is 0 Å². The number of hydrogen-bond donors (Lipinski definition) is 2. The summed E-state index contributed by atoms with van der Waals surface area (Å²) in [6.45, 7) is -0.920. The Bertz CT molecular complexity index is 628. The summed E-state index contributed by atoms with van der Waals surface area (Å²) >= 11 is 3.14. The van der Waals surface area contributed by atoms with Crippen LogP contribution in [0.4, 0.5) is 20.2 Å². The first-order valence-corrected chi connectivity index (χ1v) is 5.89. The van der Waals surface area contributed by atoms with Crippen LogP contribution in [-0.4, -0.2) is 4.98 Å². The second kappa shape index (κ2) is 5.30. The zero-order chi connectivity index (χ0) is 13.1. The van der Waals surface area contributed by atoms with Crippen molar-refractivity contribution in [2.24, 2.45) is 0 Å². The molecule has 0 aliphatic rings. The van der Waals surface area contributed by atoms with E-state index < -0.39 is 18.1 Å². The Morgan fingerprint density at radius 3 is 2.72 bits per heavy atom. The molecule has 1 aromatic heterocycles. The molecule has 2 aromatic rings. The molecule has 1 aromatic carbocycles. The first kappa shape index (κ1) is 12.8. The third-order valence-corrected chi connectivity index (χ3v) is 2.89. The molecular formula is C12H9BrF2N2O. The van der Waals surface area contributed by atoms with E-state index >= 15 is 0 Å². The lowest BCUT2D eigenvalue weighted by Gasteiger charge is -2.10. The molecule has 0 bridgehead atoms. The molecule has 1 heterocycles. The molecule has 2 rings (SSSR count). The Kier molecular flexibility index (Phi) is 3.76. The number of pyridine rings is 1. The maximum absolute atomic E-state index is 13.6.